The normalized spacial score (nSPS) is 29.0. The van der Waals surface area contributed by atoms with Crippen molar-refractivity contribution < 1.29 is 28.5 Å². The van der Waals surface area contributed by atoms with Gasteiger partial charge in [-0.15, -0.1) is 0 Å². The third kappa shape index (κ3) is 5.97. The molecule has 0 amide bonds. The summed E-state index contributed by atoms with van der Waals surface area (Å²) in [6.45, 7) is 3.96. The van der Waals surface area contributed by atoms with Crippen LogP contribution in [0.4, 0.5) is 0 Å². The maximum Gasteiger partial charge on any atom is 0.339 e. The molecule has 26 heavy (non-hydrogen) atoms. The van der Waals surface area contributed by atoms with Gasteiger partial charge >= 0.3 is 11.9 Å². The number of esters is 2. The molecule has 0 saturated carbocycles. The fraction of sp³-hybridized carbons (Fsp3) is 0.500. The summed E-state index contributed by atoms with van der Waals surface area (Å²) in [6, 6.07) is 9.58. The summed E-state index contributed by atoms with van der Waals surface area (Å²) < 4.78 is 21.6. The molecule has 0 bridgehead atoms. The Morgan fingerprint density at radius 1 is 1.00 bits per heavy atom. The molecule has 0 N–H and O–H groups in total. The number of methoxy groups -OCH3 is 1. The molecule has 4 atom stereocenters. The maximum absolute atomic E-state index is 12.4. The first-order chi connectivity index (χ1) is 12.5. The quantitative estimate of drug-likeness (QED) is 0.605. The van der Waals surface area contributed by atoms with Gasteiger partial charge in [-0.3, -0.25) is 4.79 Å². The number of rotatable bonds is 4. The number of cyclic esters (lactones) is 2. The van der Waals surface area contributed by atoms with Crippen LogP contribution in [0.3, 0.4) is 0 Å². The summed E-state index contributed by atoms with van der Waals surface area (Å²) in [6.07, 6.45) is 2.35. The van der Waals surface area contributed by atoms with Gasteiger partial charge in [0.2, 0.25) is 0 Å². The van der Waals surface area contributed by atoms with Gasteiger partial charge in [0.05, 0.1) is 18.6 Å². The summed E-state index contributed by atoms with van der Waals surface area (Å²) in [4.78, 5) is 24.4. The van der Waals surface area contributed by atoms with E-state index in [2.05, 4.69) is 0 Å². The Kier molecular flexibility index (Phi) is 7.81. The molecule has 0 saturated heterocycles. The molecular formula is C20H26O6. The van der Waals surface area contributed by atoms with Crippen LogP contribution >= 0.6 is 0 Å². The second-order valence-electron chi connectivity index (χ2n) is 6.40. The third-order valence-electron chi connectivity index (χ3n) is 4.25. The summed E-state index contributed by atoms with van der Waals surface area (Å²) >= 11 is 0. The van der Waals surface area contributed by atoms with Gasteiger partial charge in [0.1, 0.15) is 13.2 Å². The average molecular weight is 362 g/mol. The minimum Gasteiger partial charge on any atom is -0.463 e. The molecule has 0 radical (unpaired) electrons. The predicted molar refractivity (Wildman–Crippen MR) is 95.2 cm³/mol. The van der Waals surface area contributed by atoms with Crippen molar-refractivity contribution in [1.29, 1.82) is 0 Å². The summed E-state index contributed by atoms with van der Waals surface area (Å²) in [5, 5.41) is 0. The number of hydrogen-bond acceptors (Lipinski definition) is 6. The first-order valence-corrected chi connectivity index (χ1v) is 8.71. The van der Waals surface area contributed by atoms with Crippen LogP contribution < -0.4 is 0 Å². The lowest BCUT2D eigenvalue weighted by atomic mass is 10.0. The highest BCUT2D eigenvalue weighted by Crippen LogP contribution is 2.15. The second-order valence-corrected chi connectivity index (χ2v) is 6.40. The highest BCUT2D eigenvalue weighted by atomic mass is 16.6. The molecule has 1 aliphatic rings. The van der Waals surface area contributed by atoms with E-state index in [4.69, 9.17) is 18.9 Å². The van der Waals surface area contributed by atoms with E-state index in [-0.39, 0.29) is 31.8 Å². The third-order valence-corrected chi connectivity index (χ3v) is 4.25. The lowest BCUT2D eigenvalue weighted by Crippen LogP contribution is -2.33. The van der Waals surface area contributed by atoms with E-state index in [1.54, 1.807) is 20.1 Å². The van der Waals surface area contributed by atoms with Gasteiger partial charge in [0.25, 0.3) is 0 Å². The van der Waals surface area contributed by atoms with E-state index in [0.717, 1.165) is 5.56 Å². The molecule has 0 aromatic heterocycles. The van der Waals surface area contributed by atoms with Crippen molar-refractivity contribution in [3.63, 3.8) is 0 Å². The number of carbonyl (C=O) groups is 2. The number of carbonyl (C=O) groups excluding carboxylic acids is 2. The fourth-order valence-corrected chi connectivity index (χ4v) is 2.46. The fourth-order valence-electron chi connectivity index (χ4n) is 2.46. The Bertz CT molecular complexity index is 612. The van der Waals surface area contributed by atoms with Crippen molar-refractivity contribution in [2.24, 2.45) is 11.8 Å². The van der Waals surface area contributed by atoms with Crippen molar-refractivity contribution in [2.75, 3.05) is 20.3 Å². The Morgan fingerprint density at radius 3 is 2.38 bits per heavy atom. The maximum atomic E-state index is 12.4. The van der Waals surface area contributed by atoms with Gasteiger partial charge in [-0.1, -0.05) is 43.3 Å². The van der Waals surface area contributed by atoms with Gasteiger partial charge in [0, 0.05) is 13.0 Å². The first-order valence-electron chi connectivity index (χ1n) is 8.71. The molecule has 142 valence electrons. The smallest absolute Gasteiger partial charge is 0.339 e. The zero-order chi connectivity index (χ0) is 18.9. The van der Waals surface area contributed by atoms with Crippen LogP contribution in [0, 0.1) is 11.8 Å². The summed E-state index contributed by atoms with van der Waals surface area (Å²) in [5.74, 6) is -1.57. The molecule has 6 nitrogen and oxygen atoms in total. The van der Waals surface area contributed by atoms with Crippen molar-refractivity contribution in [3.05, 3.63) is 48.0 Å². The van der Waals surface area contributed by atoms with Gasteiger partial charge < -0.3 is 18.9 Å². The van der Waals surface area contributed by atoms with Gasteiger partial charge in [-0.2, -0.15) is 0 Å². The van der Waals surface area contributed by atoms with E-state index in [1.165, 1.54) is 0 Å². The Hall–Kier alpha value is -2.18. The Labute approximate surface area is 154 Å². The SMILES string of the molecule is CO[C@H]1COC(=O)[C@@H](C)COC(=O)[C@@H](OCc2ccccc2)/C=C\[C@@H]1C. The number of ether oxygens (including phenoxy) is 4. The minimum atomic E-state index is -0.849. The average Bonchev–Trinajstić information content (AvgIpc) is 2.66. The first kappa shape index (κ1) is 20.1. The van der Waals surface area contributed by atoms with E-state index in [0.29, 0.717) is 0 Å². The second kappa shape index (κ2) is 10.1. The molecule has 0 spiro atoms. The van der Waals surface area contributed by atoms with Crippen LogP contribution in [0.1, 0.15) is 19.4 Å². The van der Waals surface area contributed by atoms with Crippen LogP contribution in [0.15, 0.2) is 42.5 Å². The molecule has 1 aromatic carbocycles. The molecule has 0 fully saturated rings. The molecular weight excluding hydrogens is 336 g/mol. The van der Waals surface area contributed by atoms with Crippen LogP contribution in [0.25, 0.3) is 0 Å². The highest BCUT2D eigenvalue weighted by molar-refractivity contribution is 5.78. The van der Waals surface area contributed by atoms with Gasteiger partial charge in [-0.25, -0.2) is 4.79 Å². The molecule has 0 unspecified atom stereocenters. The topological polar surface area (TPSA) is 71.1 Å². The van der Waals surface area contributed by atoms with Crippen LogP contribution in [-0.2, 0) is 35.1 Å². The molecule has 1 heterocycles. The number of hydrogen-bond donors (Lipinski definition) is 0. The molecule has 2 rings (SSSR count). The number of benzene rings is 1. The molecule has 1 aliphatic heterocycles. The van der Waals surface area contributed by atoms with E-state index in [9.17, 15) is 9.59 Å². The molecule has 1 aromatic rings. The van der Waals surface area contributed by atoms with Crippen molar-refractivity contribution in [2.45, 2.75) is 32.7 Å². The van der Waals surface area contributed by atoms with E-state index >= 15 is 0 Å². The summed E-state index contributed by atoms with van der Waals surface area (Å²) in [5.41, 5.74) is 0.958. The van der Waals surface area contributed by atoms with Crippen molar-refractivity contribution in [3.8, 4) is 0 Å². The zero-order valence-corrected chi connectivity index (χ0v) is 15.4. The lowest BCUT2D eigenvalue weighted by Gasteiger charge is -2.23. The van der Waals surface area contributed by atoms with Crippen LogP contribution in [0.5, 0.6) is 0 Å². The predicted octanol–water partition coefficient (Wildman–Crippen LogP) is 2.52. The van der Waals surface area contributed by atoms with Crippen LogP contribution in [0.2, 0.25) is 0 Å². The monoisotopic (exact) mass is 362 g/mol. The summed E-state index contributed by atoms with van der Waals surface area (Å²) in [7, 11) is 1.57. The molecule has 6 heteroatoms. The lowest BCUT2D eigenvalue weighted by molar-refractivity contribution is -0.162. The zero-order valence-electron chi connectivity index (χ0n) is 15.4. The van der Waals surface area contributed by atoms with E-state index < -0.39 is 24.0 Å². The standard InChI is InChI=1S/C20H26O6/c1-14-9-10-17(24-12-16-7-5-4-6-8-16)20(22)25-11-15(2)19(21)26-13-18(14)23-3/h4-10,14-15,17-18H,11-13H2,1-3H3/b10-9-/t14-,15-,17-,18-/m0/s1. The van der Waals surface area contributed by atoms with Gasteiger partial charge in [-0.05, 0) is 18.6 Å². The van der Waals surface area contributed by atoms with Crippen molar-refractivity contribution >= 4 is 11.9 Å². The largest absolute Gasteiger partial charge is 0.463 e. The van der Waals surface area contributed by atoms with E-state index in [1.807, 2.05) is 43.3 Å². The van der Waals surface area contributed by atoms with Crippen LogP contribution in [-0.4, -0.2) is 44.5 Å². The minimum absolute atomic E-state index is 0.0517. The Morgan fingerprint density at radius 2 is 1.69 bits per heavy atom. The van der Waals surface area contributed by atoms with Crippen molar-refractivity contribution in [1.82, 2.24) is 0 Å². The van der Waals surface area contributed by atoms with Gasteiger partial charge in [0.15, 0.2) is 6.10 Å². The highest BCUT2D eigenvalue weighted by Gasteiger charge is 2.25. The molecule has 0 aliphatic carbocycles. The Balaban J connectivity index is 2.12.